The fourth-order valence-corrected chi connectivity index (χ4v) is 2.73. The normalized spacial score (nSPS) is 19.7. The van der Waals surface area contributed by atoms with E-state index >= 15 is 0 Å². The van der Waals surface area contributed by atoms with Gasteiger partial charge >= 0.3 is 0 Å². The molecule has 0 radical (unpaired) electrons. The molecular weight excluding hydrogens is 313 g/mol. The summed E-state index contributed by atoms with van der Waals surface area (Å²) in [6, 6.07) is 4.69. The average molecular weight is 327 g/mol. The Morgan fingerprint density at radius 1 is 1.25 bits per heavy atom. The summed E-state index contributed by atoms with van der Waals surface area (Å²) in [5.74, 6) is -0.179. The highest BCUT2D eigenvalue weighted by atomic mass is 19.1. The number of nitrogens with zero attached hydrogens (tertiary/aromatic N) is 6. The van der Waals surface area contributed by atoms with Crippen molar-refractivity contribution in [1.29, 1.82) is 0 Å². The van der Waals surface area contributed by atoms with E-state index in [-0.39, 0.29) is 23.7 Å². The van der Waals surface area contributed by atoms with Crippen molar-refractivity contribution in [3.05, 3.63) is 49.1 Å². The van der Waals surface area contributed by atoms with E-state index in [1.165, 1.54) is 23.0 Å². The van der Waals surface area contributed by atoms with Crippen molar-refractivity contribution < 1.29 is 9.18 Å². The van der Waals surface area contributed by atoms with Crippen LogP contribution in [-0.4, -0.2) is 35.4 Å². The molecule has 8 nitrogen and oxygen atoms in total. The Bertz CT molecular complexity index is 854. The molecule has 0 bridgehead atoms. The number of nitrogens with one attached hydrogen (secondary N) is 1. The number of pyridine rings is 1. The minimum Gasteiger partial charge on any atom is -0.317 e. The van der Waals surface area contributed by atoms with Gasteiger partial charge in [-0.1, -0.05) is 0 Å². The van der Waals surface area contributed by atoms with E-state index in [9.17, 15) is 9.18 Å². The van der Waals surface area contributed by atoms with Gasteiger partial charge in [-0.15, -0.1) is 15.3 Å². The maximum Gasteiger partial charge on any atom is 0.228 e. The molecule has 1 aliphatic rings. The van der Waals surface area contributed by atoms with Crippen LogP contribution in [0.4, 0.5) is 10.2 Å². The van der Waals surface area contributed by atoms with Crippen LogP contribution < -0.4 is 5.32 Å². The predicted octanol–water partition coefficient (Wildman–Crippen LogP) is 1.59. The lowest BCUT2D eigenvalue weighted by molar-refractivity contribution is -0.123. The first-order valence-corrected chi connectivity index (χ1v) is 7.52. The van der Waals surface area contributed by atoms with E-state index in [4.69, 9.17) is 0 Å². The van der Waals surface area contributed by atoms with Gasteiger partial charge in [0.15, 0.2) is 17.5 Å². The summed E-state index contributed by atoms with van der Waals surface area (Å²) in [7, 11) is 0. The van der Waals surface area contributed by atoms with E-state index < -0.39 is 5.82 Å². The topological polar surface area (TPSA) is 90.5 Å². The van der Waals surface area contributed by atoms with Gasteiger partial charge in [0, 0.05) is 30.4 Å². The van der Waals surface area contributed by atoms with Crippen molar-refractivity contribution in [3.63, 3.8) is 0 Å². The number of carbonyl (C=O) groups is 1. The zero-order chi connectivity index (χ0) is 16.5. The Hall–Kier alpha value is -3.10. The van der Waals surface area contributed by atoms with Gasteiger partial charge in [0.1, 0.15) is 12.7 Å². The van der Waals surface area contributed by atoms with Gasteiger partial charge in [0.2, 0.25) is 5.91 Å². The number of halogens is 1. The number of rotatable bonds is 4. The van der Waals surface area contributed by atoms with Gasteiger partial charge in [0.05, 0.1) is 0 Å². The van der Waals surface area contributed by atoms with Crippen LogP contribution in [0.15, 0.2) is 43.2 Å². The van der Waals surface area contributed by atoms with Gasteiger partial charge in [-0.2, -0.15) is 0 Å². The molecule has 1 fully saturated rings. The summed E-state index contributed by atoms with van der Waals surface area (Å²) in [6.45, 7) is 0. The highest BCUT2D eigenvalue weighted by molar-refractivity contribution is 5.92. The van der Waals surface area contributed by atoms with Crippen LogP contribution in [0, 0.1) is 11.7 Å². The summed E-state index contributed by atoms with van der Waals surface area (Å²) in [5, 5.41) is 14.4. The average Bonchev–Trinajstić information content (AvgIpc) is 3.18. The quantitative estimate of drug-likeness (QED) is 0.786. The molecule has 0 aromatic carbocycles. The molecule has 1 saturated carbocycles. The van der Waals surface area contributed by atoms with Gasteiger partial charge in [-0.25, -0.2) is 14.1 Å². The standard InChI is InChI=1S/C15H14FN7O/c16-12-2-1-4-17-14(12)23-5-3-13(21-23)20-15(24)10-6-11(7-10)22-8-18-19-9-22/h1-5,8-11H,6-7H2,(H,20,21,24). The van der Waals surface area contributed by atoms with Crippen LogP contribution in [-0.2, 0) is 4.79 Å². The van der Waals surface area contributed by atoms with Crippen molar-refractivity contribution in [2.45, 2.75) is 18.9 Å². The van der Waals surface area contributed by atoms with Crippen molar-refractivity contribution in [1.82, 2.24) is 29.5 Å². The largest absolute Gasteiger partial charge is 0.317 e. The summed E-state index contributed by atoms with van der Waals surface area (Å²) in [6.07, 6.45) is 7.82. The van der Waals surface area contributed by atoms with Crippen molar-refractivity contribution >= 4 is 11.7 Å². The summed E-state index contributed by atoms with van der Waals surface area (Å²) >= 11 is 0. The molecule has 1 aliphatic carbocycles. The fraction of sp³-hybridized carbons (Fsp3) is 0.267. The van der Waals surface area contributed by atoms with E-state index in [1.54, 1.807) is 24.9 Å². The molecule has 0 spiro atoms. The lowest BCUT2D eigenvalue weighted by atomic mass is 9.79. The zero-order valence-electron chi connectivity index (χ0n) is 12.6. The molecule has 0 unspecified atom stereocenters. The second-order valence-electron chi connectivity index (χ2n) is 5.67. The number of hydrogen-bond acceptors (Lipinski definition) is 5. The first kappa shape index (κ1) is 14.5. The molecule has 4 rings (SSSR count). The first-order valence-electron chi connectivity index (χ1n) is 7.52. The summed E-state index contributed by atoms with van der Waals surface area (Å²) in [4.78, 5) is 16.2. The number of aromatic nitrogens is 6. The monoisotopic (exact) mass is 327 g/mol. The molecule has 1 N–H and O–H groups in total. The van der Waals surface area contributed by atoms with E-state index in [2.05, 4.69) is 25.6 Å². The van der Waals surface area contributed by atoms with E-state index in [0.29, 0.717) is 5.82 Å². The number of amides is 1. The fourth-order valence-electron chi connectivity index (χ4n) is 2.73. The second-order valence-corrected chi connectivity index (χ2v) is 5.67. The third-order valence-corrected chi connectivity index (χ3v) is 4.14. The van der Waals surface area contributed by atoms with Gasteiger partial charge in [-0.05, 0) is 25.0 Å². The molecule has 3 aromatic rings. The molecule has 0 atom stereocenters. The Morgan fingerprint density at radius 3 is 2.79 bits per heavy atom. The molecule has 122 valence electrons. The van der Waals surface area contributed by atoms with E-state index in [0.717, 1.165) is 12.8 Å². The molecule has 0 aliphatic heterocycles. The first-order chi connectivity index (χ1) is 11.7. The van der Waals surface area contributed by atoms with Gasteiger partial charge < -0.3 is 9.88 Å². The smallest absolute Gasteiger partial charge is 0.228 e. The highest BCUT2D eigenvalue weighted by Crippen LogP contribution is 2.37. The number of anilines is 1. The maximum atomic E-state index is 13.7. The third kappa shape index (κ3) is 2.64. The Morgan fingerprint density at radius 2 is 2.04 bits per heavy atom. The van der Waals surface area contributed by atoms with Crippen LogP contribution in [0.5, 0.6) is 0 Å². The van der Waals surface area contributed by atoms with Crippen molar-refractivity contribution in [2.24, 2.45) is 5.92 Å². The van der Waals surface area contributed by atoms with Crippen LogP contribution in [0.1, 0.15) is 18.9 Å². The zero-order valence-corrected chi connectivity index (χ0v) is 12.6. The molecule has 0 saturated heterocycles. The molecule has 1 amide bonds. The van der Waals surface area contributed by atoms with Gasteiger partial charge in [0.25, 0.3) is 0 Å². The van der Waals surface area contributed by atoms with Crippen LogP contribution in [0.25, 0.3) is 5.82 Å². The third-order valence-electron chi connectivity index (χ3n) is 4.14. The second kappa shape index (κ2) is 5.84. The minimum absolute atomic E-state index is 0.0749. The van der Waals surface area contributed by atoms with E-state index in [1.807, 2.05) is 4.57 Å². The summed E-state index contributed by atoms with van der Waals surface area (Å²) in [5.41, 5.74) is 0. The minimum atomic E-state index is -0.478. The summed E-state index contributed by atoms with van der Waals surface area (Å²) < 4.78 is 16.9. The van der Waals surface area contributed by atoms with Crippen molar-refractivity contribution in [3.8, 4) is 5.82 Å². The highest BCUT2D eigenvalue weighted by Gasteiger charge is 2.35. The lowest BCUT2D eigenvalue weighted by Gasteiger charge is -2.34. The lowest BCUT2D eigenvalue weighted by Crippen LogP contribution is -2.35. The van der Waals surface area contributed by atoms with Gasteiger partial charge in [-0.3, -0.25) is 4.79 Å². The molecule has 24 heavy (non-hydrogen) atoms. The Kier molecular flexibility index (Phi) is 3.52. The Balaban J connectivity index is 1.38. The number of hydrogen-bond donors (Lipinski definition) is 1. The molecule has 3 aromatic heterocycles. The molecular formula is C15H14FN7O. The maximum absolute atomic E-state index is 13.7. The van der Waals surface area contributed by atoms with Crippen LogP contribution in [0.3, 0.4) is 0 Å². The predicted molar refractivity (Wildman–Crippen MR) is 81.7 cm³/mol. The number of carbonyl (C=O) groups excluding carboxylic acids is 1. The molecule has 9 heteroatoms. The molecule has 3 heterocycles. The van der Waals surface area contributed by atoms with Crippen LogP contribution >= 0.6 is 0 Å². The van der Waals surface area contributed by atoms with Crippen molar-refractivity contribution in [2.75, 3.05) is 5.32 Å². The SMILES string of the molecule is O=C(Nc1ccn(-c2ncccc2F)n1)C1CC(n2cnnc2)C1. The van der Waals surface area contributed by atoms with Crippen LogP contribution in [0.2, 0.25) is 0 Å². The Labute approximate surface area is 136 Å².